The highest BCUT2D eigenvalue weighted by atomic mass is 16.4. The predicted octanol–water partition coefficient (Wildman–Crippen LogP) is 0.385. The topological polar surface area (TPSA) is 81.7 Å². The Bertz CT molecular complexity index is 331. The van der Waals surface area contributed by atoms with Crippen molar-refractivity contribution in [3.8, 4) is 0 Å². The Morgan fingerprint density at radius 2 is 2.11 bits per heavy atom. The lowest BCUT2D eigenvalue weighted by Gasteiger charge is -2.18. The molecule has 1 saturated heterocycles. The van der Waals surface area contributed by atoms with E-state index in [2.05, 4.69) is 15.5 Å². The number of hydrogen-bond donors (Lipinski definition) is 3. The smallest absolute Gasteiger partial charge is 0.326 e. The van der Waals surface area contributed by atoms with Crippen LogP contribution in [0.2, 0.25) is 0 Å². The van der Waals surface area contributed by atoms with E-state index in [1.54, 1.807) is 6.92 Å². The van der Waals surface area contributed by atoms with E-state index in [1.807, 2.05) is 0 Å². The molecule has 2 aliphatic rings. The fourth-order valence-corrected chi connectivity index (χ4v) is 2.40. The van der Waals surface area contributed by atoms with Gasteiger partial charge in [-0.3, -0.25) is 4.90 Å². The molecule has 6 heteroatoms. The molecule has 1 unspecified atom stereocenters. The molecule has 1 saturated carbocycles. The van der Waals surface area contributed by atoms with Gasteiger partial charge in [-0.2, -0.15) is 0 Å². The maximum atomic E-state index is 11.7. The maximum Gasteiger partial charge on any atom is 0.326 e. The van der Waals surface area contributed by atoms with E-state index in [1.165, 1.54) is 12.8 Å². The summed E-state index contributed by atoms with van der Waals surface area (Å²) in [7, 11) is 0. The lowest BCUT2D eigenvalue weighted by molar-refractivity contribution is -0.139. The quantitative estimate of drug-likeness (QED) is 0.663. The minimum absolute atomic E-state index is 0.150. The maximum absolute atomic E-state index is 11.7. The van der Waals surface area contributed by atoms with Gasteiger partial charge in [0.15, 0.2) is 0 Å². The summed E-state index contributed by atoms with van der Waals surface area (Å²) in [5.74, 6) is -0.987. The Balaban J connectivity index is 1.72. The van der Waals surface area contributed by atoms with Crippen molar-refractivity contribution in [3.63, 3.8) is 0 Å². The first kappa shape index (κ1) is 13.1. The number of amides is 2. The van der Waals surface area contributed by atoms with Crippen LogP contribution in [0.5, 0.6) is 0 Å². The van der Waals surface area contributed by atoms with Crippen LogP contribution in [-0.4, -0.2) is 53.2 Å². The molecule has 102 valence electrons. The van der Waals surface area contributed by atoms with Crippen molar-refractivity contribution < 1.29 is 14.7 Å². The molecular formula is C12H21N3O3. The second-order valence-electron chi connectivity index (χ2n) is 5.13. The van der Waals surface area contributed by atoms with Crippen LogP contribution < -0.4 is 10.6 Å². The Morgan fingerprint density at radius 1 is 1.39 bits per heavy atom. The first-order valence-corrected chi connectivity index (χ1v) is 6.64. The molecule has 1 aliphatic heterocycles. The van der Waals surface area contributed by atoms with Gasteiger partial charge in [-0.05, 0) is 25.7 Å². The average molecular weight is 255 g/mol. The van der Waals surface area contributed by atoms with Crippen molar-refractivity contribution in [1.82, 2.24) is 15.5 Å². The number of nitrogens with one attached hydrogen (secondary N) is 2. The van der Waals surface area contributed by atoms with Crippen molar-refractivity contribution in [1.29, 1.82) is 0 Å². The van der Waals surface area contributed by atoms with Gasteiger partial charge < -0.3 is 15.7 Å². The highest BCUT2D eigenvalue weighted by Crippen LogP contribution is 2.29. The zero-order valence-corrected chi connectivity index (χ0v) is 10.7. The molecule has 18 heavy (non-hydrogen) atoms. The number of carboxylic acid groups (broad SMARTS) is 1. The highest BCUT2D eigenvalue weighted by Gasteiger charge is 2.34. The van der Waals surface area contributed by atoms with Gasteiger partial charge in [0, 0.05) is 25.2 Å². The molecule has 2 rings (SSSR count). The molecule has 2 atom stereocenters. The molecule has 6 nitrogen and oxygen atoms in total. The van der Waals surface area contributed by atoms with E-state index in [-0.39, 0.29) is 12.1 Å². The molecule has 0 aromatic heterocycles. The van der Waals surface area contributed by atoms with Crippen LogP contribution in [0.1, 0.15) is 32.6 Å². The van der Waals surface area contributed by atoms with E-state index in [0.717, 1.165) is 25.6 Å². The molecule has 1 heterocycles. The van der Waals surface area contributed by atoms with Gasteiger partial charge in [-0.25, -0.2) is 9.59 Å². The van der Waals surface area contributed by atoms with Crippen molar-refractivity contribution >= 4 is 12.0 Å². The number of hydrogen-bond acceptors (Lipinski definition) is 3. The molecule has 2 amide bonds. The van der Waals surface area contributed by atoms with Gasteiger partial charge in [-0.15, -0.1) is 0 Å². The van der Waals surface area contributed by atoms with Gasteiger partial charge >= 0.3 is 12.0 Å². The predicted molar refractivity (Wildman–Crippen MR) is 66.4 cm³/mol. The first-order chi connectivity index (χ1) is 8.60. The fourth-order valence-electron chi connectivity index (χ4n) is 2.40. The number of aliphatic carboxylic acids is 1. The van der Waals surface area contributed by atoms with Crippen molar-refractivity contribution in [3.05, 3.63) is 0 Å². The zero-order chi connectivity index (χ0) is 13.1. The van der Waals surface area contributed by atoms with Gasteiger partial charge in [0.2, 0.25) is 0 Å². The number of urea groups is 1. The minimum Gasteiger partial charge on any atom is -0.480 e. The number of carboxylic acids is 1. The summed E-state index contributed by atoms with van der Waals surface area (Å²) in [5, 5.41) is 14.2. The number of rotatable bonds is 5. The van der Waals surface area contributed by atoms with E-state index < -0.39 is 12.0 Å². The zero-order valence-electron chi connectivity index (χ0n) is 10.7. The van der Waals surface area contributed by atoms with Crippen LogP contribution in [0.3, 0.4) is 0 Å². The summed E-state index contributed by atoms with van der Waals surface area (Å²) < 4.78 is 0. The van der Waals surface area contributed by atoms with Crippen LogP contribution in [0.4, 0.5) is 4.79 Å². The third kappa shape index (κ3) is 3.35. The molecule has 1 aliphatic carbocycles. The number of carbonyl (C=O) groups excluding carboxylic acids is 1. The third-order valence-corrected chi connectivity index (χ3v) is 3.63. The molecule has 0 spiro atoms. The van der Waals surface area contributed by atoms with Crippen LogP contribution >= 0.6 is 0 Å². The summed E-state index contributed by atoms with van der Waals surface area (Å²) in [6.45, 7) is 3.66. The second kappa shape index (κ2) is 5.56. The van der Waals surface area contributed by atoms with Gasteiger partial charge in [0.1, 0.15) is 6.04 Å². The summed E-state index contributed by atoms with van der Waals surface area (Å²) in [6, 6.07) is -0.294. The Hall–Kier alpha value is -1.30. The van der Waals surface area contributed by atoms with E-state index >= 15 is 0 Å². The molecule has 0 aromatic rings. The van der Waals surface area contributed by atoms with Crippen LogP contribution in [0.25, 0.3) is 0 Å². The lowest BCUT2D eigenvalue weighted by atomic mass is 10.2. The number of carbonyl (C=O) groups is 2. The Labute approximate surface area is 107 Å². The summed E-state index contributed by atoms with van der Waals surface area (Å²) in [5.41, 5.74) is 0. The lowest BCUT2D eigenvalue weighted by Crippen LogP contribution is -2.49. The molecular weight excluding hydrogens is 234 g/mol. The first-order valence-electron chi connectivity index (χ1n) is 6.64. The van der Waals surface area contributed by atoms with Gasteiger partial charge in [-0.1, -0.05) is 6.92 Å². The van der Waals surface area contributed by atoms with Crippen molar-refractivity contribution in [2.75, 3.05) is 13.1 Å². The standard InChI is InChI=1S/C12H21N3O3/c1-2-10(11(16)17)14-12(18)13-8-5-6-15(7-8)9-3-4-9/h8-10H,2-7H2,1H3,(H,16,17)(H2,13,14,18)/t8?,10-/m0/s1. The van der Waals surface area contributed by atoms with Crippen molar-refractivity contribution in [2.24, 2.45) is 0 Å². The molecule has 3 N–H and O–H groups in total. The van der Waals surface area contributed by atoms with Crippen LogP contribution in [0, 0.1) is 0 Å². The fraction of sp³-hybridized carbons (Fsp3) is 0.833. The Kier molecular flexibility index (Phi) is 4.06. The van der Waals surface area contributed by atoms with E-state index in [4.69, 9.17) is 5.11 Å². The number of likely N-dealkylation sites (tertiary alicyclic amines) is 1. The van der Waals surface area contributed by atoms with Crippen LogP contribution in [-0.2, 0) is 4.79 Å². The van der Waals surface area contributed by atoms with Crippen LogP contribution in [0.15, 0.2) is 0 Å². The van der Waals surface area contributed by atoms with Gasteiger partial charge in [0.05, 0.1) is 0 Å². The normalized spacial score (nSPS) is 25.7. The second-order valence-corrected chi connectivity index (χ2v) is 5.13. The SMILES string of the molecule is CC[C@H](NC(=O)NC1CCN(C2CC2)C1)C(=O)O. The summed E-state index contributed by atoms with van der Waals surface area (Å²) >= 11 is 0. The average Bonchev–Trinajstić information content (AvgIpc) is 3.07. The molecule has 0 aromatic carbocycles. The third-order valence-electron chi connectivity index (χ3n) is 3.63. The van der Waals surface area contributed by atoms with E-state index in [9.17, 15) is 9.59 Å². The summed E-state index contributed by atoms with van der Waals surface area (Å²) in [4.78, 5) is 24.9. The molecule has 0 radical (unpaired) electrons. The van der Waals surface area contributed by atoms with E-state index in [0.29, 0.717) is 6.42 Å². The highest BCUT2D eigenvalue weighted by molar-refractivity contribution is 5.82. The summed E-state index contributed by atoms with van der Waals surface area (Å²) in [6.07, 6.45) is 3.89. The monoisotopic (exact) mass is 255 g/mol. The molecule has 2 fully saturated rings. The molecule has 0 bridgehead atoms. The Morgan fingerprint density at radius 3 is 2.67 bits per heavy atom. The number of nitrogens with zero attached hydrogens (tertiary/aromatic N) is 1. The minimum atomic E-state index is -0.987. The van der Waals surface area contributed by atoms with Crippen molar-refractivity contribution in [2.45, 2.75) is 50.7 Å². The largest absolute Gasteiger partial charge is 0.480 e. The van der Waals surface area contributed by atoms with Gasteiger partial charge in [0.25, 0.3) is 0 Å².